The smallest absolute Gasteiger partial charge is 0.224 e. The van der Waals surface area contributed by atoms with E-state index in [1.165, 1.54) is 10.9 Å². The third kappa shape index (κ3) is 4.60. The zero-order valence-electron chi connectivity index (χ0n) is 14.1. The largest absolute Gasteiger partial charge is 0.346 e. The zero-order valence-corrected chi connectivity index (χ0v) is 14.1. The highest BCUT2D eigenvalue weighted by Crippen LogP contribution is 2.21. The Labute approximate surface area is 133 Å². The van der Waals surface area contributed by atoms with Gasteiger partial charge in [-0.15, -0.1) is 0 Å². The number of nitrogens with zero attached hydrogens (tertiary/aromatic N) is 2. The van der Waals surface area contributed by atoms with E-state index in [1.807, 2.05) is 6.07 Å². The molecule has 0 aliphatic rings. The fourth-order valence-corrected chi connectivity index (χ4v) is 2.42. The fourth-order valence-electron chi connectivity index (χ4n) is 2.42. The maximum atomic E-state index is 11.9. The molecule has 22 heavy (non-hydrogen) atoms. The Balaban J connectivity index is 2.03. The van der Waals surface area contributed by atoms with Crippen LogP contribution in [0.1, 0.15) is 26.7 Å². The molecule has 0 saturated heterocycles. The van der Waals surface area contributed by atoms with E-state index in [2.05, 4.69) is 67.1 Å². The molecule has 0 fully saturated rings. The lowest BCUT2D eigenvalue weighted by Gasteiger charge is -2.11. The summed E-state index contributed by atoms with van der Waals surface area (Å²) in [5, 5.41) is 4.16. The predicted molar refractivity (Wildman–Crippen MR) is 93.2 cm³/mol. The van der Waals surface area contributed by atoms with Crippen molar-refractivity contribution in [3.63, 3.8) is 0 Å². The van der Waals surface area contributed by atoms with Crippen molar-refractivity contribution in [2.24, 2.45) is 5.92 Å². The second-order valence-electron chi connectivity index (χ2n) is 6.57. The van der Waals surface area contributed by atoms with E-state index in [0.29, 0.717) is 12.3 Å². The molecule has 0 unspecified atom stereocenters. The van der Waals surface area contributed by atoms with Gasteiger partial charge >= 0.3 is 0 Å². The van der Waals surface area contributed by atoms with Gasteiger partial charge in [0.2, 0.25) is 5.91 Å². The molecule has 120 valence electrons. The van der Waals surface area contributed by atoms with Crippen molar-refractivity contribution in [3.05, 3.63) is 30.5 Å². The lowest BCUT2D eigenvalue weighted by Crippen LogP contribution is -2.17. The number of aromatic nitrogens is 1. The van der Waals surface area contributed by atoms with Gasteiger partial charge in [0.15, 0.2) is 0 Å². The summed E-state index contributed by atoms with van der Waals surface area (Å²) in [4.78, 5) is 14.1. The maximum Gasteiger partial charge on any atom is 0.224 e. The molecule has 1 amide bonds. The number of amides is 1. The average molecular weight is 301 g/mol. The number of likely N-dealkylation sites (N-methyl/N-ethyl adjacent to an activating group) is 1. The van der Waals surface area contributed by atoms with E-state index in [0.717, 1.165) is 25.2 Å². The van der Waals surface area contributed by atoms with E-state index in [4.69, 9.17) is 0 Å². The Morgan fingerprint density at radius 3 is 2.73 bits per heavy atom. The van der Waals surface area contributed by atoms with E-state index < -0.39 is 0 Å². The van der Waals surface area contributed by atoms with Gasteiger partial charge < -0.3 is 14.8 Å². The van der Waals surface area contributed by atoms with Crippen LogP contribution in [0.2, 0.25) is 0 Å². The normalized spacial score (nSPS) is 11.5. The van der Waals surface area contributed by atoms with Gasteiger partial charge in [-0.05, 0) is 50.7 Å². The lowest BCUT2D eigenvalue weighted by atomic mass is 10.1. The highest BCUT2D eigenvalue weighted by atomic mass is 16.1. The van der Waals surface area contributed by atoms with E-state index in [1.54, 1.807) is 0 Å². The number of hydrogen-bond donors (Lipinski definition) is 1. The van der Waals surface area contributed by atoms with E-state index >= 15 is 0 Å². The summed E-state index contributed by atoms with van der Waals surface area (Å²) in [5.41, 5.74) is 2.09. The highest BCUT2D eigenvalue weighted by Gasteiger charge is 2.06. The number of carbonyl (C=O) groups excluding carboxylic acids is 1. The van der Waals surface area contributed by atoms with Gasteiger partial charge in [-0.25, -0.2) is 0 Å². The van der Waals surface area contributed by atoms with Crippen LogP contribution in [-0.4, -0.2) is 36.0 Å². The second-order valence-corrected chi connectivity index (χ2v) is 6.57. The van der Waals surface area contributed by atoms with Crippen LogP contribution in [0.15, 0.2) is 30.5 Å². The van der Waals surface area contributed by atoms with Gasteiger partial charge in [0.25, 0.3) is 0 Å². The summed E-state index contributed by atoms with van der Waals surface area (Å²) >= 11 is 0. The van der Waals surface area contributed by atoms with Crippen molar-refractivity contribution < 1.29 is 4.79 Å². The molecule has 0 bridgehead atoms. The molecule has 1 heterocycles. The third-order valence-electron chi connectivity index (χ3n) is 3.79. The van der Waals surface area contributed by atoms with Crippen molar-refractivity contribution in [2.45, 2.75) is 33.2 Å². The molecule has 2 rings (SSSR count). The number of carbonyl (C=O) groups is 1. The van der Waals surface area contributed by atoms with Crippen LogP contribution in [0.3, 0.4) is 0 Å². The third-order valence-corrected chi connectivity index (χ3v) is 3.79. The number of anilines is 1. The SMILES string of the molecule is CC(C)CCC(=O)Nc1ccc2c(ccn2CCN(C)C)c1. The minimum absolute atomic E-state index is 0.0973. The molecule has 0 saturated carbocycles. The van der Waals surface area contributed by atoms with Crippen LogP contribution in [0.5, 0.6) is 0 Å². The maximum absolute atomic E-state index is 11.9. The highest BCUT2D eigenvalue weighted by molar-refractivity contribution is 5.93. The molecule has 4 heteroatoms. The number of nitrogens with one attached hydrogen (secondary N) is 1. The molecule has 0 spiro atoms. The molecule has 0 atom stereocenters. The minimum Gasteiger partial charge on any atom is -0.346 e. The van der Waals surface area contributed by atoms with Crippen LogP contribution < -0.4 is 5.32 Å². The molecule has 0 radical (unpaired) electrons. The van der Waals surface area contributed by atoms with Gasteiger partial charge in [0, 0.05) is 42.3 Å². The first kappa shape index (κ1) is 16.6. The van der Waals surface area contributed by atoms with Gasteiger partial charge in [0.1, 0.15) is 0 Å². The Hall–Kier alpha value is -1.81. The molecular formula is C18H27N3O. The summed E-state index contributed by atoms with van der Waals surface area (Å²) in [5.74, 6) is 0.652. The summed E-state index contributed by atoms with van der Waals surface area (Å²) in [7, 11) is 4.16. The van der Waals surface area contributed by atoms with Crippen molar-refractivity contribution in [1.82, 2.24) is 9.47 Å². The molecule has 1 aromatic heterocycles. The Bertz CT molecular complexity index is 628. The quantitative estimate of drug-likeness (QED) is 0.849. The summed E-state index contributed by atoms with van der Waals surface area (Å²) in [6.45, 7) is 6.25. The Kier molecular flexibility index (Phi) is 5.61. The average Bonchev–Trinajstić information content (AvgIpc) is 2.85. The van der Waals surface area contributed by atoms with Gasteiger partial charge in [-0.3, -0.25) is 4.79 Å². The topological polar surface area (TPSA) is 37.3 Å². The molecule has 0 aliphatic carbocycles. The van der Waals surface area contributed by atoms with Crippen LogP contribution >= 0.6 is 0 Å². The number of rotatable bonds is 7. The van der Waals surface area contributed by atoms with Crippen molar-refractivity contribution in [2.75, 3.05) is 26.0 Å². The van der Waals surface area contributed by atoms with Crippen molar-refractivity contribution in [1.29, 1.82) is 0 Å². The molecule has 0 aliphatic heterocycles. The first-order valence-corrected chi connectivity index (χ1v) is 7.99. The van der Waals surface area contributed by atoms with Crippen LogP contribution in [0, 0.1) is 5.92 Å². The molecule has 2 aromatic rings. The monoisotopic (exact) mass is 301 g/mol. The molecular weight excluding hydrogens is 274 g/mol. The summed E-state index contributed by atoms with van der Waals surface area (Å²) < 4.78 is 2.25. The number of fused-ring (bicyclic) bond motifs is 1. The van der Waals surface area contributed by atoms with Crippen LogP contribution in [0.4, 0.5) is 5.69 Å². The summed E-state index contributed by atoms with van der Waals surface area (Å²) in [6.07, 6.45) is 3.62. The van der Waals surface area contributed by atoms with Gasteiger partial charge in [-0.1, -0.05) is 13.8 Å². The van der Waals surface area contributed by atoms with Crippen molar-refractivity contribution in [3.8, 4) is 0 Å². The molecule has 4 nitrogen and oxygen atoms in total. The van der Waals surface area contributed by atoms with E-state index in [9.17, 15) is 4.79 Å². The van der Waals surface area contributed by atoms with Gasteiger partial charge in [0.05, 0.1) is 0 Å². The lowest BCUT2D eigenvalue weighted by molar-refractivity contribution is -0.116. The first-order chi connectivity index (χ1) is 10.5. The predicted octanol–water partition coefficient (Wildman–Crippen LogP) is 3.58. The molecule has 1 aromatic carbocycles. The second kappa shape index (κ2) is 7.45. The minimum atomic E-state index is 0.0973. The standard InChI is InChI=1S/C18H27N3O/c1-14(2)5-8-18(22)19-16-6-7-17-15(13-16)9-10-21(17)12-11-20(3)4/h6-7,9-10,13-14H,5,8,11-12H2,1-4H3,(H,19,22). The Morgan fingerprint density at radius 2 is 2.05 bits per heavy atom. The molecule has 1 N–H and O–H groups in total. The van der Waals surface area contributed by atoms with Crippen LogP contribution in [0.25, 0.3) is 10.9 Å². The van der Waals surface area contributed by atoms with Crippen LogP contribution in [-0.2, 0) is 11.3 Å². The Morgan fingerprint density at radius 1 is 1.27 bits per heavy atom. The first-order valence-electron chi connectivity index (χ1n) is 7.99. The van der Waals surface area contributed by atoms with Crippen molar-refractivity contribution >= 4 is 22.5 Å². The number of hydrogen-bond acceptors (Lipinski definition) is 2. The van der Waals surface area contributed by atoms with E-state index in [-0.39, 0.29) is 5.91 Å². The number of benzene rings is 1. The zero-order chi connectivity index (χ0) is 16.1. The summed E-state index contributed by atoms with van der Waals surface area (Å²) in [6, 6.07) is 8.23. The van der Waals surface area contributed by atoms with Gasteiger partial charge in [-0.2, -0.15) is 0 Å². The fraction of sp³-hybridized carbons (Fsp3) is 0.500.